The van der Waals surface area contributed by atoms with E-state index >= 15 is 0 Å². The first kappa shape index (κ1) is 10.8. The third-order valence-electron chi connectivity index (χ3n) is 0.729. The second kappa shape index (κ2) is 6.53. The Morgan fingerprint density at radius 1 is 1.27 bits per heavy atom. The van der Waals surface area contributed by atoms with E-state index in [1.54, 1.807) is 0 Å². The van der Waals surface area contributed by atoms with Gasteiger partial charge in [0, 0.05) is 0 Å². The van der Waals surface area contributed by atoms with E-state index in [1.165, 1.54) is 6.92 Å². The van der Waals surface area contributed by atoms with Crippen molar-refractivity contribution >= 4 is 7.32 Å². The predicted octanol–water partition coefficient (Wildman–Crippen LogP) is -1.74. The molecule has 0 spiro atoms. The van der Waals surface area contributed by atoms with Crippen LogP contribution in [0.2, 0.25) is 0 Å². The fraction of sp³-hybridized carbons (Fsp3) is 1.00. The van der Waals surface area contributed by atoms with Gasteiger partial charge in [0.05, 0.1) is 0 Å². The molecular formula is C4H11BO6. The summed E-state index contributed by atoms with van der Waals surface area (Å²) in [6.45, 7) is 0.114. The molecular weight excluding hydrogens is 155 g/mol. The van der Waals surface area contributed by atoms with Gasteiger partial charge in [0.25, 0.3) is 0 Å². The zero-order chi connectivity index (χ0) is 8.69. The summed E-state index contributed by atoms with van der Waals surface area (Å²) in [6, 6.07) is 0. The zero-order valence-electron chi connectivity index (χ0n) is 6.14. The summed E-state index contributed by atoms with van der Waals surface area (Å²) >= 11 is 0. The highest BCUT2D eigenvalue weighted by atomic mass is 16.8. The van der Waals surface area contributed by atoms with Crippen molar-refractivity contribution in [3.05, 3.63) is 0 Å². The summed E-state index contributed by atoms with van der Waals surface area (Å²) in [6.07, 6.45) is -1.09. The number of aliphatic hydroxyl groups is 3. The van der Waals surface area contributed by atoms with Gasteiger partial charge in [-0.2, -0.15) is 0 Å². The fourth-order valence-electron chi connectivity index (χ4n) is 0.409. The zero-order valence-corrected chi connectivity index (χ0v) is 6.14. The summed E-state index contributed by atoms with van der Waals surface area (Å²) in [5.41, 5.74) is 0. The molecule has 7 heteroatoms. The third-order valence-corrected chi connectivity index (χ3v) is 0.729. The molecule has 0 heterocycles. The molecule has 0 aliphatic carbocycles. The van der Waals surface area contributed by atoms with Crippen molar-refractivity contribution in [1.82, 2.24) is 0 Å². The van der Waals surface area contributed by atoms with Crippen LogP contribution in [0.25, 0.3) is 0 Å². The van der Waals surface area contributed by atoms with E-state index in [2.05, 4.69) is 14.0 Å². The van der Waals surface area contributed by atoms with E-state index in [4.69, 9.17) is 15.3 Å². The fourth-order valence-corrected chi connectivity index (χ4v) is 0.409. The lowest BCUT2D eigenvalue weighted by Gasteiger charge is -2.12. The van der Waals surface area contributed by atoms with Gasteiger partial charge in [0.15, 0.2) is 0 Å². The molecule has 0 aromatic carbocycles. The van der Waals surface area contributed by atoms with E-state index in [0.717, 1.165) is 0 Å². The first-order valence-corrected chi connectivity index (χ1v) is 2.99. The second-order valence-corrected chi connectivity index (χ2v) is 1.62. The normalized spacial score (nSPS) is 13.1. The molecule has 6 nitrogen and oxygen atoms in total. The minimum absolute atomic E-state index is 0.614. The molecule has 0 fully saturated rings. The minimum Gasteiger partial charge on any atom is -0.372 e. The van der Waals surface area contributed by atoms with E-state index in [0.29, 0.717) is 0 Å². The molecule has 0 saturated heterocycles. The first-order valence-electron chi connectivity index (χ1n) is 2.99. The Hall–Kier alpha value is -0.175. The van der Waals surface area contributed by atoms with Crippen LogP contribution in [0, 0.1) is 0 Å². The Kier molecular flexibility index (Phi) is 6.43. The first-order chi connectivity index (χ1) is 5.20. The Morgan fingerprint density at radius 3 is 2.00 bits per heavy atom. The van der Waals surface area contributed by atoms with Crippen LogP contribution in [0.4, 0.5) is 0 Å². The molecule has 0 rings (SSSR count). The Labute approximate surface area is 64.5 Å². The lowest BCUT2D eigenvalue weighted by molar-refractivity contribution is -0.0796. The molecule has 0 radical (unpaired) electrons. The van der Waals surface area contributed by atoms with Gasteiger partial charge in [0.2, 0.25) is 0 Å². The van der Waals surface area contributed by atoms with Crippen LogP contribution in [0.5, 0.6) is 0 Å². The largest absolute Gasteiger partial charge is 0.644 e. The summed E-state index contributed by atoms with van der Waals surface area (Å²) < 4.78 is 13.3. The van der Waals surface area contributed by atoms with Crippen LogP contribution >= 0.6 is 0 Å². The molecule has 0 aromatic heterocycles. The second-order valence-electron chi connectivity index (χ2n) is 1.62. The number of hydrogen-bond acceptors (Lipinski definition) is 6. The summed E-state index contributed by atoms with van der Waals surface area (Å²) in [5.74, 6) is 0. The van der Waals surface area contributed by atoms with Gasteiger partial charge in [-0.3, -0.25) is 0 Å². The van der Waals surface area contributed by atoms with Crippen LogP contribution in [0.3, 0.4) is 0 Å². The number of hydrogen-bond donors (Lipinski definition) is 3. The standard InChI is InChI=1S/C4H11BO6/c1-4(8)11-5(9-2-6)10-3-7/h4,6-8H,2-3H2,1H3. The maximum atomic E-state index is 8.63. The van der Waals surface area contributed by atoms with Crippen molar-refractivity contribution in [3.8, 4) is 0 Å². The van der Waals surface area contributed by atoms with Crippen LogP contribution in [0.15, 0.2) is 0 Å². The van der Waals surface area contributed by atoms with Gasteiger partial charge in [-0.05, 0) is 6.92 Å². The maximum absolute atomic E-state index is 8.63. The summed E-state index contributed by atoms with van der Waals surface area (Å²) in [4.78, 5) is 0. The molecule has 0 aliphatic rings. The summed E-state index contributed by atoms with van der Waals surface area (Å²) in [5, 5.41) is 25.1. The molecule has 3 N–H and O–H groups in total. The molecule has 1 unspecified atom stereocenters. The minimum atomic E-state index is -1.25. The average Bonchev–Trinajstić information content (AvgIpc) is 1.87. The topological polar surface area (TPSA) is 88.4 Å². The maximum Gasteiger partial charge on any atom is 0.644 e. The molecule has 11 heavy (non-hydrogen) atoms. The van der Waals surface area contributed by atoms with E-state index < -0.39 is 27.2 Å². The van der Waals surface area contributed by atoms with Crippen molar-refractivity contribution in [2.45, 2.75) is 13.2 Å². The Morgan fingerprint density at radius 2 is 1.73 bits per heavy atom. The van der Waals surface area contributed by atoms with Gasteiger partial charge in [0.1, 0.15) is 19.9 Å². The van der Waals surface area contributed by atoms with Crippen molar-refractivity contribution < 1.29 is 29.3 Å². The Balaban J connectivity index is 3.50. The lowest BCUT2D eigenvalue weighted by Crippen LogP contribution is -2.31. The van der Waals surface area contributed by atoms with Gasteiger partial charge < -0.3 is 29.3 Å². The number of aliphatic hydroxyl groups excluding tert-OH is 3. The van der Waals surface area contributed by atoms with Crippen molar-refractivity contribution in [2.24, 2.45) is 0 Å². The Bertz CT molecular complexity index is 82.7. The molecule has 66 valence electrons. The molecule has 0 amide bonds. The van der Waals surface area contributed by atoms with Gasteiger partial charge in [-0.1, -0.05) is 0 Å². The smallest absolute Gasteiger partial charge is 0.372 e. The van der Waals surface area contributed by atoms with Crippen molar-refractivity contribution in [1.29, 1.82) is 0 Å². The van der Waals surface area contributed by atoms with Gasteiger partial charge >= 0.3 is 7.32 Å². The van der Waals surface area contributed by atoms with Crippen LogP contribution in [-0.2, 0) is 14.0 Å². The molecule has 0 saturated carbocycles. The average molecular weight is 166 g/mol. The van der Waals surface area contributed by atoms with Crippen LogP contribution in [-0.4, -0.2) is 42.5 Å². The predicted molar refractivity (Wildman–Crippen MR) is 34.9 cm³/mol. The quantitative estimate of drug-likeness (QED) is 0.320. The van der Waals surface area contributed by atoms with Crippen molar-refractivity contribution in [2.75, 3.05) is 13.6 Å². The van der Waals surface area contributed by atoms with Crippen LogP contribution in [0.1, 0.15) is 6.92 Å². The lowest BCUT2D eigenvalue weighted by atomic mass is 10.2. The monoisotopic (exact) mass is 166 g/mol. The summed E-state index contributed by atoms with van der Waals surface area (Å²) in [7, 11) is -1.25. The van der Waals surface area contributed by atoms with E-state index in [-0.39, 0.29) is 0 Å². The van der Waals surface area contributed by atoms with E-state index in [1.807, 2.05) is 0 Å². The van der Waals surface area contributed by atoms with Gasteiger partial charge in [-0.25, -0.2) is 0 Å². The molecule has 0 aliphatic heterocycles. The molecule has 1 atom stereocenters. The highest BCUT2D eigenvalue weighted by molar-refractivity contribution is 6.36. The third kappa shape index (κ3) is 6.23. The van der Waals surface area contributed by atoms with Crippen LogP contribution < -0.4 is 0 Å². The highest BCUT2D eigenvalue weighted by Crippen LogP contribution is 1.94. The molecule has 0 bridgehead atoms. The molecule has 0 aromatic rings. The van der Waals surface area contributed by atoms with Gasteiger partial charge in [-0.15, -0.1) is 0 Å². The SMILES string of the molecule is CC(O)OB(OCO)OCO. The highest BCUT2D eigenvalue weighted by Gasteiger charge is 2.22. The number of rotatable bonds is 6. The van der Waals surface area contributed by atoms with Crippen molar-refractivity contribution in [3.63, 3.8) is 0 Å². The van der Waals surface area contributed by atoms with E-state index in [9.17, 15) is 0 Å².